The second-order valence-electron chi connectivity index (χ2n) is 5.79. The fraction of sp³-hybridized carbons (Fsp3) is 0.0909. The minimum absolute atomic E-state index is 0. The molecule has 0 aliphatic rings. The van der Waals surface area contributed by atoms with Crippen molar-refractivity contribution in [2.45, 2.75) is 12.5 Å². The summed E-state index contributed by atoms with van der Waals surface area (Å²) in [6.07, 6.45) is 0.138. The molecule has 0 bridgehead atoms. The summed E-state index contributed by atoms with van der Waals surface area (Å²) in [5.41, 5.74) is 1.49. The molecule has 0 aliphatic heterocycles. The average molecular weight is 365 g/mol. The first kappa shape index (κ1) is 20.7. The number of carboxylic acids is 1. The van der Waals surface area contributed by atoms with E-state index >= 15 is 0 Å². The van der Waals surface area contributed by atoms with Gasteiger partial charge in [-0.05, 0) is 28.5 Å². The largest absolute Gasteiger partial charge is 1.00 e. The summed E-state index contributed by atoms with van der Waals surface area (Å²) in [6.45, 7) is 0. The van der Waals surface area contributed by atoms with Gasteiger partial charge in [-0.2, -0.15) is 0 Å². The SMILES string of the molecule is O=C(O)C(Cc1ccc2ccccc2c1)N=C([O-])C#Cc1ccccc1.[Na+]. The molecular weight excluding hydrogens is 349 g/mol. The molecule has 0 spiro atoms. The number of aliphatic imine (C=N–C) groups is 1. The zero-order valence-electron chi connectivity index (χ0n) is 14.9. The van der Waals surface area contributed by atoms with Gasteiger partial charge in [0.05, 0.1) is 0 Å². The van der Waals surface area contributed by atoms with E-state index in [0.717, 1.165) is 16.3 Å². The van der Waals surface area contributed by atoms with Crippen LogP contribution in [0.1, 0.15) is 11.1 Å². The fourth-order valence-corrected chi connectivity index (χ4v) is 2.60. The molecule has 1 atom stereocenters. The molecule has 0 aromatic heterocycles. The Morgan fingerprint density at radius 1 is 1.00 bits per heavy atom. The molecule has 1 unspecified atom stereocenters. The summed E-state index contributed by atoms with van der Waals surface area (Å²) in [5, 5.41) is 23.4. The summed E-state index contributed by atoms with van der Waals surface area (Å²) in [4.78, 5) is 15.2. The van der Waals surface area contributed by atoms with Crippen LogP contribution < -0.4 is 34.7 Å². The van der Waals surface area contributed by atoms with E-state index in [2.05, 4.69) is 16.8 Å². The van der Waals surface area contributed by atoms with Crippen LogP contribution in [0.15, 0.2) is 77.8 Å². The van der Waals surface area contributed by atoms with E-state index in [1.807, 2.05) is 60.7 Å². The summed E-state index contributed by atoms with van der Waals surface area (Å²) in [6, 6.07) is 21.4. The number of fused-ring (bicyclic) bond motifs is 1. The Bertz CT molecular complexity index is 1020. The molecule has 1 N–H and O–H groups in total. The molecule has 0 saturated heterocycles. The maximum atomic E-state index is 11.9. The molecule has 3 rings (SSSR count). The van der Waals surface area contributed by atoms with Gasteiger partial charge in [-0.3, -0.25) is 4.99 Å². The number of aliphatic carboxylic acids is 1. The van der Waals surface area contributed by atoms with E-state index in [1.54, 1.807) is 12.1 Å². The van der Waals surface area contributed by atoms with E-state index in [0.29, 0.717) is 5.56 Å². The molecule has 4 nitrogen and oxygen atoms in total. The first-order valence-corrected chi connectivity index (χ1v) is 8.14. The van der Waals surface area contributed by atoms with Crippen molar-refractivity contribution in [3.63, 3.8) is 0 Å². The number of carbonyl (C=O) groups is 1. The third-order valence-corrected chi connectivity index (χ3v) is 3.89. The molecule has 0 aliphatic carbocycles. The molecule has 0 amide bonds. The van der Waals surface area contributed by atoms with E-state index in [9.17, 15) is 15.0 Å². The van der Waals surface area contributed by atoms with Gasteiger partial charge in [0, 0.05) is 17.9 Å². The smallest absolute Gasteiger partial charge is 0.853 e. The Morgan fingerprint density at radius 3 is 2.37 bits per heavy atom. The first-order chi connectivity index (χ1) is 12.6. The Morgan fingerprint density at radius 2 is 1.67 bits per heavy atom. The van der Waals surface area contributed by atoms with Gasteiger partial charge in [-0.1, -0.05) is 72.5 Å². The van der Waals surface area contributed by atoms with Crippen molar-refractivity contribution in [1.29, 1.82) is 0 Å². The standard InChI is InChI=1S/C22H17NO3.Na/c24-21(13-11-16-6-2-1-3-7-16)23-20(22(25)26)15-17-10-12-18-8-4-5-9-19(18)14-17;/h1-10,12,14,20H,15H2,(H,23,24)(H,25,26);/q;+1/p-1. The van der Waals surface area contributed by atoms with Crippen LogP contribution in [0.4, 0.5) is 0 Å². The van der Waals surface area contributed by atoms with Gasteiger partial charge >= 0.3 is 35.5 Å². The fourth-order valence-electron chi connectivity index (χ4n) is 2.60. The van der Waals surface area contributed by atoms with Crippen LogP contribution >= 0.6 is 0 Å². The molecule has 3 aromatic rings. The van der Waals surface area contributed by atoms with Gasteiger partial charge in [-0.15, -0.1) is 0 Å². The maximum absolute atomic E-state index is 11.9. The predicted molar refractivity (Wildman–Crippen MR) is 99.8 cm³/mol. The minimum Gasteiger partial charge on any atom is -0.853 e. The topological polar surface area (TPSA) is 72.7 Å². The number of nitrogens with zero attached hydrogens (tertiary/aromatic N) is 1. The minimum atomic E-state index is -1.16. The Kier molecular flexibility index (Phi) is 7.63. The summed E-state index contributed by atoms with van der Waals surface area (Å²) >= 11 is 0. The molecule has 0 fully saturated rings. The predicted octanol–water partition coefficient (Wildman–Crippen LogP) is -0.350. The van der Waals surface area contributed by atoms with Gasteiger partial charge in [0.25, 0.3) is 0 Å². The van der Waals surface area contributed by atoms with Crippen LogP contribution in [-0.4, -0.2) is 23.0 Å². The summed E-state index contributed by atoms with van der Waals surface area (Å²) in [5.74, 6) is 3.19. The Labute approximate surface area is 179 Å². The first-order valence-electron chi connectivity index (χ1n) is 8.14. The van der Waals surface area contributed by atoms with Crippen LogP contribution in [0.25, 0.3) is 10.8 Å². The van der Waals surface area contributed by atoms with Gasteiger partial charge in [-0.25, -0.2) is 4.79 Å². The normalized spacial score (nSPS) is 11.8. The number of hydrogen-bond acceptors (Lipinski definition) is 3. The van der Waals surface area contributed by atoms with Crippen molar-refractivity contribution in [3.8, 4) is 11.8 Å². The van der Waals surface area contributed by atoms with Crippen molar-refractivity contribution < 1.29 is 44.6 Å². The Balaban J connectivity index is 0.00000261. The molecule has 3 aromatic carbocycles. The van der Waals surface area contributed by atoms with E-state index in [1.165, 1.54) is 0 Å². The molecule has 27 heavy (non-hydrogen) atoms. The second kappa shape index (κ2) is 9.94. The van der Waals surface area contributed by atoms with Crippen molar-refractivity contribution in [3.05, 3.63) is 83.9 Å². The summed E-state index contributed by atoms with van der Waals surface area (Å²) < 4.78 is 0. The third-order valence-electron chi connectivity index (χ3n) is 3.89. The van der Waals surface area contributed by atoms with Crippen LogP contribution in [0.2, 0.25) is 0 Å². The van der Waals surface area contributed by atoms with Crippen molar-refractivity contribution >= 4 is 22.6 Å². The number of rotatable bonds is 4. The van der Waals surface area contributed by atoms with Crippen LogP contribution in [-0.2, 0) is 11.2 Å². The van der Waals surface area contributed by atoms with Gasteiger partial charge in [0.15, 0.2) is 6.04 Å². The quantitative estimate of drug-likeness (QED) is 0.297. The van der Waals surface area contributed by atoms with Gasteiger partial charge in [0.2, 0.25) is 0 Å². The molecule has 128 valence electrons. The second-order valence-corrected chi connectivity index (χ2v) is 5.79. The maximum Gasteiger partial charge on any atom is 1.00 e. The van der Waals surface area contributed by atoms with Crippen molar-refractivity contribution in [2.75, 3.05) is 0 Å². The molecule has 0 saturated carbocycles. The number of benzene rings is 3. The average Bonchev–Trinajstić information content (AvgIpc) is 2.66. The molecule has 5 heteroatoms. The monoisotopic (exact) mass is 365 g/mol. The molecule has 0 radical (unpaired) electrons. The summed E-state index contributed by atoms with van der Waals surface area (Å²) in [7, 11) is 0. The van der Waals surface area contributed by atoms with Crippen molar-refractivity contribution in [1.82, 2.24) is 0 Å². The third kappa shape index (κ3) is 5.97. The number of hydrogen-bond donors (Lipinski definition) is 1. The zero-order chi connectivity index (χ0) is 18.4. The van der Waals surface area contributed by atoms with Gasteiger partial charge in [0.1, 0.15) is 0 Å². The molecular formula is C22H16NNaO3. The van der Waals surface area contributed by atoms with Crippen LogP contribution in [0, 0.1) is 11.8 Å². The number of carboxylic acid groups (broad SMARTS) is 1. The van der Waals surface area contributed by atoms with E-state index < -0.39 is 17.9 Å². The molecule has 0 heterocycles. The van der Waals surface area contributed by atoms with E-state index in [-0.39, 0.29) is 36.0 Å². The van der Waals surface area contributed by atoms with Gasteiger partial charge < -0.3 is 10.2 Å². The van der Waals surface area contributed by atoms with Crippen LogP contribution in [0.5, 0.6) is 0 Å². The zero-order valence-corrected chi connectivity index (χ0v) is 16.9. The Hall–Kier alpha value is -2.58. The van der Waals surface area contributed by atoms with E-state index in [4.69, 9.17) is 0 Å². The van der Waals surface area contributed by atoms with Crippen LogP contribution in [0.3, 0.4) is 0 Å². The van der Waals surface area contributed by atoms with Crippen molar-refractivity contribution in [2.24, 2.45) is 4.99 Å².